The lowest BCUT2D eigenvalue weighted by Gasteiger charge is -2.19. The number of nitrogens with zero attached hydrogens (tertiary/aromatic N) is 1. The highest BCUT2D eigenvalue weighted by atomic mass is 19.1. The van der Waals surface area contributed by atoms with Crippen molar-refractivity contribution < 1.29 is 9.18 Å². The average Bonchev–Trinajstić information content (AvgIpc) is 2.45. The van der Waals surface area contributed by atoms with Gasteiger partial charge in [-0.1, -0.05) is 12.1 Å². The molecule has 0 unspecified atom stereocenters. The Morgan fingerprint density at radius 1 is 1.43 bits per heavy atom. The molecule has 1 aliphatic rings. The maximum atomic E-state index is 13.3. The van der Waals surface area contributed by atoms with Gasteiger partial charge in [0.2, 0.25) is 0 Å². The molecule has 2 rings (SSSR count). The number of carbonyl (C=O) groups excluding carboxylic acids is 1. The quantitative estimate of drug-likeness (QED) is 0.669. The highest BCUT2D eigenvalue weighted by Crippen LogP contribution is 2.26. The Bertz CT molecular complexity index is 387. The number of rotatable bonds is 1. The summed E-state index contributed by atoms with van der Waals surface area (Å²) in [6.07, 6.45) is 0. The van der Waals surface area contributed by atoms with Crippen LogP contribution in [0.1, 0.15) is 29.8 Å². The van der Waals surface area contributed by atoms with Crippen LogP contribution in [0, 0.1) is 5.82 Å². The molecule has 0 bridgehead atoms. The largest absolute Gasteiger partial charge is 0.332 e. The molecule has 0 spiro atoms. The fraction of sp³-hybridized carbons (Fsp3) is 0.364. The second-order valence-corrected chi connectivity index (χ2v) is 3.80. The molecular weight excluding hydrogens is 181 g/mol. The van der Waals surface area contributed by atoms with E-state index < -0.39 is 5.82 Å². The fourth-order valence-electron chi connectivity index (χ4n) is 1.76. The van der Waals surface area contributed by atoms with Gasteiger partial charge in [-0.2, -0.15) is 0 Å². The van der Waals surface area contributed by atoms with Crippen molar-refractivity contribution in [3.63, 3.8) is 0 Å². The van der Waals surface area contributed by atoms with Crippen LogP contribution in [0.4, 0.5) is 4.39 Å². The number of hydrogen-bond acceptors (Lipinski definition) is 1. The Hall–Kier alpha value is -1.38. The summed E-state index contributed by atoms with van der Waals surface area (Å²) in [5, 5.41) is 0. The van der Waals surface area contributed by atoms with E-state index in [1.807, 2.05) is 13.8 Å². The van der Waals surface area contributed by atoms with Gasteiger partial charge in [-0.3, -0.25) is 4.79 Å². The smallest absolute Gasteiger partial charge is 0.257 e. The minimum atomic E-state index is -0.407. The minimum Gasteiger partial charge on any atom is -0.332 e. The van der Waals surface area contributed by atoms with Crippen molar-refractivity contribution in [1.29, 1.82) is 0 Å². The van der Waals surface area contributed by atoms with Gasteiger partial charge in [-0.25, -0.2) is 4.39 Å². The maximum absolute atomic E-state index is 13.3. The second kappa shape index (κ2) is 3.08. The molecule has 0 fully saturated rings. The van der Waals surface area contributed by atoms with Gasteiger partial charge < -0.3 is 4.90 Å². The molecule has 1 amide bonds. The van der Waals surface area contributed by atoms with Crippen LogP contribution in [0.5, 0.6) is 0 Å². The molecule has 1 heterocycles. The summed E-state index contributed by atoms with van der Waals surface area (Å²) >= 11 is 0. The number of hydrogen-bond donors (Lipinski definition) is 0. The van der Waals surface area contributed by atoms with Gasteiger partial charge >= 0.3 is 0 Å². The molecule has 14 heavy (non-hydrogen) atoms. The molecular formula is C11H12FNO. The molecule has 0 atom stereocenters. The first-order valence-corrected chi connectivity index (χ1v) is 4.69. The molecule has 0 aliphatic carbocycles. The summed E-state index contributed by atoms with van der Waals surface area (Å²) < 4.78 is 13.3. The molecule has 0 aromatic heterocycles. The molecule has 2 nitrogen and oxygen atoms in total. The monoisotopic (exact) mass is 193 g/mol. The predicted molar refractivity (Wildman–Crippen MR) is 51.4 cm³/mol. The first-order valence-electron chi connectivity index (χ1n) is 4.69. The van der Waals surface area contributed by atoms with Crippen LogP contribution in [0.25, 0.3) is 0 Å². The summed E-state index contributed by atoms with van der Waals surface area (Å²) in [7, 11) is 0. The van der Waals surface area contributed by atoms with Crippen LogP contribution in [0.3, 0.4) is 0 Å². The van der Waals surface area contributed by atoms with Gasteiger partial charge in [0.05, 0.1) is 5.56 Å². The highest BCUT2D eigenvalue weighted by Gasteiger charge is 2.31. The summed E-state index contributed by atoms with van der Waals surface area (Å²) in [6, 6.07) is 4.90. The topological polar surface area (TPSA) is 20.3 Å². The Morgan fingerprint density at radius 2 is 2.14 bits per heavy atom. The molecule has 0 saturated carbocycles. The zero-order valence-corrected chi connectivity index (χ0v) is 8.25. The number of amides is 1. The van der Waals surface area contributed by atoms with Gasteiger partial charge in [0.15, 0.2) is 0 Å². The van der Waals surface area contributed by atoms with Crippen molar-refractivity contribution >= 4 is 5.91 Å². The Balaban J connectivity index is 2.46. The standard InChI is InChI=1S/C11H12FNO/c1-7(2)13-6-8-4-3-5-9(12)10(8)11(13)14/h3-5,7H,6H2,1-2H3. The first kappa shape index (κ1) is 9.19. The van der Waals surface area contributed by atoms with E-state index >= 15 is 0 Å². The Morgan fingerprint density at radius 3 is 2.71 bits per heavy atom. The van der Waals surface area contributed by atoms with Crippen LogP contribution in [0.15, 0.2) is 18.2 Å². The van der Waals surface area contributed by atoms with Gasteiger partial charge in [-0.05, 0) is 25.5 Å². The zero-order chi connectivity index (χ0) is 10.3. The lowest BCUT2D eigenvalue weighted by atomic mass is 10.1. The van der Waals surface area contributed by atoms with Gasteiger partial charge in [-0.15, -0.1) is 0 Å². The van der Waals surface area contributed by atoms with Gasteiger partial charge in [0, 0.05) is 12.6 Å². The third-order valence-electron chi connectivity index (χ3n) is 2.54. The molecule has 74 valence electrons. The number of carbonyl (C=O) groups is 1. The van der Waals surface area contributed by atoms with E-state index in [9.17, 15) is 9.18 Å². The van der Waals surface area contributed by atoms with E-state index in [4.69, 9.17) is 0 Å². The minimum absolute atomic E-state index is 0.120. The summed E-state index contributed by atoms with van der Waals surface area (Å²) in [4.78, 5) is 13.4. The lowest BCUT2D eigenvalue weighted by molar-refractivity contribution is 0.0727. The van der Waals surface area contributed by atoms with Crippen molar-refractivity contribution in [2.75, 3.05) is 0 Å². The van der Waals surface area contributed by atoms with E-state index in [2.05, 4.69) is 0 Å². The average molecular weight is 193 g/mol. The predicted octanol–water partition coefficient (Wildman–Crippen LogP) is 2.19. The van der Waals surface area contributed by atoms with Crippen molar-refractivity contribution in [3.8, 4) is 0 Å². The molecule has 0 saturated heterocycles. The van der Waals surface area contributed by atoms with E-state index in [-0.39, 0.29) is 17.5 Å². The summed E-state index contributed by atoms with van der Waals surface area (Å²) in [5.74, 6) is -0.594. The van der Waals surface area contributed by atoms with Crippen LogP contribution >= 0.6 is 0 Å². The zero-order valence-electron chi connectivity index (χ0n) is 8.25. The van der Waals surface area contributed by atoms with E-state index in [0.717, 1.165) is 5.56 Å². The van der Waals surface area contributed by atoms with Crippen LogP contribution < -0.4 is 0 Å². The Kier molecular flexibility index (Phi) is 2.02. The molecule has 0 N–H and O–H groups in total. The van der Waals surface area contributed by atoms with Gasteiger partial charge in [0.25, 0.3) is 5.91 Å². The molecule has 1 aliphatic heterocycles. The van der Waals surface area contributed by atoms with Crippen LogP contribution in [0.2, 0.25) is 0 Å². The summed E-state index contributed by atoms with van der Waals surface area (Å²) in [5.41, 5.74) is 1.05. The SMILES string of the molecule is CC(C)N1Cc2cccc(F)c2C1=O. The number of benzene rings is 1. The number of halogens is 1. The van der Waals surface area contributed by atoms with E-state index in [1.165, 1.54) is 6.07 Å². The maximum Gasteiger partial charge on any atom is 0.257 e. The molecule has 0 radical (unpaired) electrons. The van der Waals surface area contributed by atoms with E-state index in [1.54, 1.807) is 17.0 Å². The third kappa shape index (κ3) is 1.20. The Labute approximate surface area is 82.3 Å². The van der Waals surface area contributed by atoms with Crippen LogP contribution in [-0.2, 0) is 6.54 Å². The lowest BCUT2D eigenvalue weighted by Crippen LogP contribution is -2.31. The molecule has 1 aromatic rings. The van der Waals surface area contributed by atoms with E-state index in [0.29, 0.717) is 6.54 Å². The first-order chi connectivity index (χ1) is 6.61. The fourth-order valence-corrected chi connectivity index (χ4v) is 1.76. The second-order valence-electron chi connectivity index (χ2n) is 3.80. The van der Waals surface area contributed by atoms with Crippen molar-refractivity contribution in [1.82, 2.24) is 4.90 Å². The van der Waals surface area contributed by atoms with Crippen LogP contribution in [-0.4, -0.2) is 16.8 Å². The highest BCUT2D eigenvalue weighted by molar-refractivity contribution is 5.98. The number of fused-ring (bicyclic) bond motifs is 1. The normalized spacial score (nSPS) is 15.1. The third-order valence-corrected chi connectivity index (χ3v) is 2.54. The molecule has 3 heteroatoms. The van der Waals surface area contributed by atoms with Crippen molar-refractivity contribution in [2.24, 2.45) is 0 Å². The van der Waals surface area contributed by atoms with Crippen molar-refractivity contribution in [3.05, 3.63) is 35.1 Å². The molecule has 1 aromatic carbocycles. The van der Waals surface area contributed by atoms with Crippen molar-refractivity contribution in [2.45, 2.75) is 26.4 Å². The summed E-state index contributed by atoms with van der Waals surface area (Å²) in [6.45, 7) is 4.40. The van der Waals surface area contributed by atoms with Gasteiger partial charge in [0.1, 0.15) is 5.82 Å².